The molecule has 0 unspecified atom stereocenters. The third-order valence-corrected chi connectivity index (χ3v) is 3.78. The van der Waals surface area contributed by atoms with E-state index in [1.54, 1.807) is 32.0 Å². The zero-order chi connectivity index (χ0) is 16.1. The van der Waals surface area contributed by atoms with Gasteiger partial charge in [-0.15, -0.1) is 0 Å². The molecule has 2 aromatic rings. The van der Waals surface area contributed by atoms with Gasteiger partial charge < -0.3 is 4.74 Å². The second-order valence-corrected chi connectivity index (χ2v) is 5.30. The van der Waals surface area contributed by atoms with E-state index in [1.165, 1.54) is 6.07 Å². The minimum absolute atomic E-state index is 0.277. The average molecular weight is 315 g/mol. The van der Waals surface area contributed by atoms with Gasteiger partial charge in [-0.2, -0.15) is 5.26 Å². The van der Waals surface area contributed by atoms with Crippen LogP contribution in [-0.2, 0) is 4.74 Å². The summed E-state index contributed by atoms with van der Waals surface area (Å²) in [5, 5.41) is 11.8. The van der Waals surface area contributed by atoms with E-state index in [-0.39, 0.29) is 12.5 Å². The lowest BCUT2D eigenvalue weighted by molar-refractivity contribution is 0.0531. The molecular formula is C15H13N3O3S. The summed E-state index contributed by atoms with van der Waals surface area (Å²) in [5.74, 6) is -0.842. The first-order chi connectivity index (χ1) is 10.5. The first-order valence-electron chi connectivity index (χ1n) is 6.51. The molecule has 0 aliphatic carbocycles. The molecule has 7 heteroatoms. The van der Waals surface area contributed by atoms with Crippen molar-refractivity contribution < 1.29 is 14.3 Å². The molecular weight excluding hydrogens is 302 g/mol. The SMILES string of the molecule is CCOC(=O)c1sc(NC(=O)c2cccc(C#N)c2)nc1C. The molecule has 0 aliphatic rings. The quantitative estimate of drug-likeness (QED) is 0.876. The van der Waals surface area contributed by atoms with E-state index in [0.717, 1.165) is 11.3 Å². The molecule has 0 saturated carbocycles. The van der Waals surface area contributed by atoms with Crippen LogP contribution < -0.4 is 5.32 Å². The number of nitrogens with one attached hydrogen (secondary N) is 1. The third-order valence-electron chi connectivity index (χ3n) is 2.73. The molecule has 1 aromatic heterocycles. The lowest BCUT2D eigenvalue weighted by Crippen LogP contribution is -2.11. The zero-order valence-electron chi connectivity index (χ0n) is 12.0. The topological polar surface area (TPSA) is 92.1 Å². The predicted octanol–water partition coefficient (Wildman–Crippen LogP) is 2.75. The van der Waals surface area contributed by atoms with Crippen LogP contribution >= 0.6 is 11.3 Å². The number of carbonyl (C=O) groups is 2. The maximum absolute atomic E-state index is 12.1. The molecule has 0 fully saturated rings. The second-order valence-electron chi connectivity index (χ2n) is 4.30. The Bertz CT molecular complexity index is 762. The molecule has 1 aromatic carbocycles. The molecule has 0 saturated heterocycles. The first-order valence-corrected chi connectivity index (χ1v) is 7.33. The number of nitriles is 1. The largest absolute Gasteiger partial charge is 0.462 e. The van der Waals surface area contributed by atoms with E-state index >= 15 is 0 Å². The number of hydrogen-bond donors (Lipinski definition) is 1. The van der Waals surface area contributed by atoms with Crippen LogP contribution in [0.15, 0.2) is 24.3 Å². The number of esters is 1. The fraction of sp³-hybridized carbons (Fsp3) is 0.200. The number of aryl methyl sites for hydroxylation is 1. The number of anilines is 1. The van der Waals surface area contributed by atoms with Gasteiger partial charge in [0.05, 0.1) is 23.9 Å². The summed E-state index contributed by atoms with van der Waals surface area (Å²) in [5.41, 5.74) is 1.25. The van der Waals surface area contributed by atoms with E-state index in [4.69, 9.17) is 10.00 Å². The van der Waals surface area contributed by atoms with E-state index in [1.807, 2.05) is 6.07 Å². The summed E-state index contributed by atoms with van der Waals surface area (Å²) < 4.78 is 4.92. The molecule has 1 heterocycles. The predicted molar refractivity (Wildman–Crippen MR) is 81.9 cm³/mol. The summed E-state index contributed by atoms with van der Waals surface area (Å²) in [7, 11) is 0. The Morgan fingerprint density at radius 2 is 2.23 bits per heavy atom. The van der Waals surface area contributed by atoms with Gasteiger partial charge in [-0.05, 0) is 32.0 Å². The van der Waals surface area contributed by atoms with Crippen LogP contribution in [0.3, 0.4) is 0 Å². The molecule has 112 valence electrons. The summed E-state index contributed by atoms with van der Waals surface area (Å²) in [6.45, 7) is 3.67. The summed E-state index contributed by atoms with van der Waals surface area (Å²) in [4.78, 5) is 28.4. The Labute approximate surface area is 131 Å². The van der Waals surface area contributed by atoms with Crippen LogP contribution in [0.1, 0.15) is 38.2 Å². The molecule has 0 aliphatic heterocycles. The van der Waals surface area contributed by atoms with Gasteiger partial charge in [0.1, 0.15) is 4.88 Å². The van der Waals surface area contributed by atoms with Gasteiger partial charge in [-0.25, -0.2) is 9.78 Å². The van der Waals surface area contributed by atoms with Crippen LogP contribution in [0.4, 0.5) is 5.13 Å². The van der Waals surface area contributed by atoms with Gasteiger partial charge in [0, 0.05) is 5.56 Å². The number of aromatic nitrogens is 1. The number of benzene rings is 1. The van der Waals surface area contributed by atoms with E-state index in [2.05, 4.69) is 10.3 Å². The van der Waals surface area contributed by atoms with Crippen LogP contribution in [0.25, 0.3) is 0 Å². The van der Waals surface area contributed by atoms with Crippen molar-refractivity contribution in [1.29, 1.82) is 5.26 Å². The Hall–Kier alpha value is -2.72. The number of ether oxygens (including phenoxy) is 1. The first kappa shape index (κ1) is 15.7. The maximum Gasteiger partial charge on any atom is 0.350 e. The highest BCUT2D eigenvalue weighted by atomic mass is 32.1. The minimum atomic E-state index is -0.454. The highest BCUT2D eigenvalue weighted by Gasteiger charge is 2.18. The maximum atomic E-state index is 12.1. The minimum Gasteiger partial charge on any atom is -0.462 e. The molecule has 0 bridgehead atoms. The fourth-order valence-electron chi connectivity index (χ4n) is 1.74. The summed E-state index contributed by atoms with van der Waals surface area (Å²) in [6, 6.07) is 8.31. The zero-order valence-corrected chi connectivity index (χ0v) is 12.9. The molecule has 22 heavy (non-hydrogen) atoms. The molecule has 1 amide bonds. The molecule has 2 rings (SSSR count). The van der Waals surface area contributed by atoms with E-state index in [0.29, 0.717) is 26.8 Å². The van der Waals surface area contributed by atoms with Crippen molar-refractivity contribution in [1.82, 2.24) is 4.98 Å². The monoisotopic (exact) mass is 315 g/mol. The lowest BCUT2D eigenvalue weighted by atomic mass is 10.1. The smallest absolute Gasteiger partial charge is 0.350 e. The Morgan fingerprint density at radius 3 is 2.91 bits per heavy atom. The normalized spacial score (nSPS) is 9.86. The molecule has 6 nitrogen and oxygen atoms in total. The molecule has 0 spiro atoms. The number of amides is 1. The lowest BCUT2D eigenvalue weighted by Gasteiger charge is -2.01. The van der Waals surface area contributed by atoms with Gasteiger partial charge in [0.15, 0.2) is 5.13 Å². The number of carbonyl (C=O) groups excluding carboxylic acids is 2. The van der Waals surface area contributed by atoms with Gasteiger partial charge in [0.25, 0.3) is 5.91 Å². The number of nitrogens with zero attached hydrogens (tertiary/aromatic N) is 2. The number of hydrogen-bond acceptors (Lipinski definition) is 6. The molecule has 0 radical (unpaired) electrons. The number of rotatable bonds is 4. The van der Waals surface area contributed by atoms with Gasteiger partial charge in [-0.1, -0.05) is 17.4 Å². The third kappa shape index (κ3) is 3.48. The molecule has 0 atom stereocenters. The van der Waals surface area contributed by atoms with Crippen LogP contribution in [0.5, 0.6) is 0 Å². The van der Waals surface area contributed by atoms with Gasteiger partial charge >= 0.3 is 5.97 Å². The van der Waals surface area contributed by atoms with Crippen molar-refractivity contribution in [2.45, 2.75) is 13.8 Å². The van der Waals surface area contributed by atoms with Crippen molar-refractivity contribution in [3.8, 4) is 6.07 Å². The van der Waals surface area contributed by atoms with Crippen molar-refractivity contribution in [2.75, 3.05) is 11.9 Å². The van der Waals surface area contributed by atoms with E-state index < -0.39 is 5.97 Å². The van der Waals surface area contributed by atoms with Crippen molar-refractivity contribution in [3.63, 3.8) is 0 Å². The van der Waals surface area contributed by atoms with Crippen molar-refractivity contribution in [2.24, 2.45) is 0 Å². The standard InChI is InChI=1S/C15H13N3O3S/c1-3-21-14(20)12-9(2)17-15(22-12)18-13(19)11-6-4-5-10(7-11)8-16/h4-7H,3H2,1-2H3,(H,17,18,19). The summed E-state index contributed by atoms with van der Waals surface area (Å²) in [6.07, 6.45) is 0. The van der Waals surface area contributed by atoms with E-state index in [9.17, 15) is 9.59 Å². The van der Waals surface area contributed by atoms with Crippen LogP contribution in [-0.4, -0.2) is 23.5 Å². The van der Waals surface area contributed by atoms with Crippen molar-refractivity contribution >= 4 is 28.3 Å². The summed E-state index contributed by atoms with van der Waals surface area (Å²) >= 11 is 1.06. The Balaban J connectivity index is 2.17. The van der Waals surface area contributed by atoms with Crippen LogP contribution in [0, 0.1) is 18.3 Å². The van der Waals surface area contributed by atoms with Crippen LogP contribution in [0.2, 0.25) is 0 Å². The highest BCUT2D eigenvalue weighted by Crippen LogP contribution is 2.24. The fourth-order valence-corrected chi connectivity index (χ4v) is 2.59. The van der Waals surface area contributed by atoms with Crippen molar-refractivity contribution in [3.05, 3.63) is 46.0 Å². The second kappa shape index (κ2) is 6.83. The highest BCUT2D eigenvalue weighted by molar-refractivity contribution is 7.17. The Morgan fingerprint density at radius 1 is 1.45 bits per heavy atom. The number of thiazole rings is 1. The Kier molecular flexibility index (Phi) is 4.86. The van der Waals surface area contributed by atoms with Gasteiger partial charge in [0.2, 0.25) is 0 Å². The average Bonchev–Trinajstić information content (AvgIpc) is 2.88. The van der Waals surface area contributed by atoms with Gasteiger partial charge in [-0.3, -0.25) is 10.1 Å². The molecule has 1 N–H and O–H groups in total.